The number of ether oxygens (including phenoxy) is 1. The molecule has 0 atom stereocenters. The summed E-state index contributed by atoms with van der Waals surface area (Å²) in [7, 11) is 0. The van der Waals surface area contributed by atoms with E-state index in [1.165, 1.54) is 11.3 Å². The minimum absolute atomic E-state index is 0.742. The van der Waals surface area contributed by atoms with Gasteiger partial charge in [0.15, 0.2) is 0 Å². The Morgan fingerprint density at radius 3 is 2.53 bits per heavy atom. The third-order valence-corrected chi connectivity index (χ3v) is 3.07. The van der Waals surface area contributed by atoms with Gasteiger partial charge in [0.2, 0.25) is 0 Å². The molecular weight excluding hydrogens is 210 g/mol. The highest BCUT2D eigenvalue weighted by Crippen LogP contribution is 2.25. The second-order valence-corrected chi connectivity index (χ2v) is 4.21. The van der Waals surface area contributed by atoms with Crippen molar-refractivity contribution >= 4 is 5.69 Å². The van der Waals surface area contributed by atoms with E-state index in [0.29, 0.717) is 0 Å². The summed E-state index contributed by atoms with van der Waals surface area (Å²) in [5, 5.41) is 0. The molecule has 0 fully saturated rings. The Bertz CT molecular complexity index is 495. The maximum Gasteiger partial charge on any atom is 0.124 e. The van der Waals surface area contributed by atoms with Crippen LogP contribution in [0.3, 0.4) is 0 Å². The average molecular weight is 225 g/mol. The first-order chi connectivity index (χ1) is 8.43. The van der Waals surface area contributed by atoms with Crippen molar-refractivity contribution in [2.24, 2.45) is 0 Å². The summed E-state index contributed by atoms with van der Waals surface area (Å²) >= 11 is 0. The third kappa shape index (κ3) is 2.11. The van der Waals surface area contributed by atoms with Crippen LogP contribution in [0.15, 0.2) is 54.6 Å². The van der Waals surface area contributed by atoms with Gasteiger partial charge in [-0.25, -0.2) is 0 Å². The van der Waals surface area contributed by atoms with Crippen molar-refractivity contribution in [3.8, 4) is 5.75 Å². The molecule has 17 heavy (non-hydrogen) atoms. The highest BCUT2D eigenvalue weighted by molar-refractivity contribution is 5.48. The van der Waals surface area contributed by atoms with Gasteiger partial charge in [-0.05, 0) is 18.2 Å². The minimum Gasteiger partial charge on any atom is -0.491 e. The second kappa shape index (κ2) is 4.50. The van der Waals surface area contributed by atoms with Crippen LogP contribution in [-0.4, -0.2) is 13.2 Å². The Morgan fingerprint density at radius 2 is 1.65 bits per heavy atom. The van der Waals surface area contributed by atoms with Crippen molar-refractivity contribution in [3.05, 3.63) is 60.2 Å². The molecule has 2 aromatic rings. The number of benzene rings is 2. The van der Waals surface area contributed by atoms with Gasteiger partial charge in [0.1, 0.15) is 12.4 Å². The van der Waals surface area contributed by atoms with Gasteiger partial charge in [0.05, 0.1) is 6.54 Å². The van der Waals surface area contributed by atoms with E-state index in [1.54, 1.807) is 0 Å². The summed E-state index contributed by atoms with van der Waals surface area (Å²) in [5.41, 5.74) is 2.52. The lowest BCUT2D eigenvalue weighted by Crippen LogP contribution is -2.24. The SMILES string of the molecule is c1ccc(N2CCOc3ccccc3C2)cc1. The number of hydrogen-bond donors (Lipinski definition) is 0. The molecule has 0 saturated carbocycles. The lowest BCUT2D eigenvalue weighted by atomic mass is 10.2. The fourth-order valence-corrected chi connectivity index (χ4v) is 2.18. The quantitative estimate of drug-likeness (QED) is 0.739. The third-order valence-electron chi connectivity index (χ3n) is 3.07. The molecule has 0 amide bonds. The van der Waals surface area contributed by atoms with Crippen molar-refractivity contribution in [2.45, 2.75) is 6.54 Å². The number of hydrogen-bond acceptors (Lipinski definition) is 2. The fourth-order valence-electron chi connectivity index (χ4n) is 2.18. The topological polar surface area (TPSA) is 12.5 Å². The summed E-state index contributed by atoms with van der Waals surface area (Å²) in [6.07, 6.45) is 0. The zero-order valence-electron chi connectivity index (χ0n) is 9.67. The van der Waals surface area contributed by atoms with Crippen molar-refractivity contribution < 1.29 is 4.74 Å². The molecule has 1 heterocycles. The highest BCUT2D eigenvalue weighted by Gasteiger charge is 2.14. The van der Waals surface area contributed by atoms with E-state index in [2.05, 4.69) is 41.3 Å². The fraction of sp³-hybridized carbons (Fsp3) is 0.200. The smallest absolute Gasteiger partial charge is 0.124 e. The summed E-state index contributed by atoms with van der Waals surface area (Å²) in [6, 6.07) is 18.8. The molecule has 0 radical (unpaired) electrons. The van der Waals surface area contributed by atoms with Crippen molar-refractivity contribution in [1.29, 1.82) is 0 Å². The molecule has 0 aliphatic carbocycles. The molecule has 86 valence electrons. The Morgan fingerprint density at radius 1 is 0.882 bits per heavy atom. The molecule has 0 saturated heterocycles. The molecule has 3 rings (SSSR count). The molecule has 0 N–H and O–H groups in total. The lowest BCUT2D eigenvalue weighted by molar-refractivity contribution is 0.331. The van der Waals surface area contributed by atoms with Crippen LogP contribution in [0.1, 0.15) is 5.56 Å². The molecule has 2 heteroatoms. The second-order valence-electron chi connectivity index (χ2n) is 4.21. The summed E-state index contributed by atoms with van der Waals surface area (Å²) in [5.74, 6) is 1.02. The van der Waals surface area contributed by atoms with E-state index in [0.717, 1.165) is 25.4 Å². The van der Waals surface area contributed by atoms with E-state index in [1.807, 2.05) is 18.2 Å². The van der Waals surface area contributed by atoms with E-state index < -0.39 is 0 Å². The van der Waals surface area contributed by atoms with E-state index in [-0.39, 0.29) is 0 Å². The number of rotatable bonds is 1. The van der Waals surface area contributed by atoms with Crippen molar-refractivity contribution in [2.75, 3.05) is 18.1 Å². The predicted octanol–water partition coefficient (Wildman–Crippen LogP) is 3.09. The van der Waals surface area contributed by atoms with E-state index >= 15 is 0 Å². The molecule has 0 spiro atoms. The summed E-state index contributed by atoms with van der Waals surface area (Å²) < 4.78 is 5.76. The van der Waals surface area contributed by atoms with E-state index in [4.69, 9.17) is 4.74 Å². The highest BCUT2D eigenvalue weighted by atomic mass is 16.5. The first kappa shape index (κ1) is 10.2. The maximum absolute atomic E-state index is 5.76. The Hall–Kier alpha value is -1.96. The van der Waals surface area contributed by atoms with Crippen LogP contribution in [0.2, 0.25) is 0 Å². The van der Waals surface area contributed by atoms with Crippen molar-refractivity contribution in [1.82, 2.24) is 0 Å². The van der Waals surface area contributed by atoms with Gasteiger partial charge in [-0.1, -0.05) is 36.4 Å². The van der Waals surface area contributed by atoms with Crippen LogP contribution in [-0.2, 0) is 6.54 Å². The monoisotopic (exact) mass is 225 g/mol. The largest absolute Gasteiger partial charge is 0.491 e. The molecule has 2 aromatic carbocycles. The number of para-hydroxylation sites is 2. The van der Waals surface area contributed by atoms with Crippen LogP contribution in [0.25, 0.3) is 0 Å². The molecular formula is C15H15NO. The van der Waals surface area contributed by atoms with Crippen LogP contribution >= 0.6 is 0 Å². The van der Waals surface area contributed by atoms with Gasteiger partial charge in [0, 0.05) is 17.8 Å². The normalized spacial score (nSPS) is 14.7. The van der Waals surface area contributed by atoms with Gasteiger partial charge >= 0.3 is 0 Å². The van der Waals surface area contributed by atoms with Gasteiger partial charge in [0.25, 0.3) is 0 Å². The van der Waals surface area contributed by atoms with Gasteiger partial charge in [-0.3, -0.25) is 0 Å². The molecule has 0 unspecified atom stereocenters. The van der Waals surface area contributed by atoms with Crippen LogP contribution < -0.4 is 9.64 Å². The Kier molecular flexibility index (Phi) is 2.70. The zero-order valence-corrected chi connectivity index (χ0v) is 9.67. The summed E-state index contributed by atoms with van der Waals surface area (Å²) in [6.45, 7) is 2.59. The zero-order chi connectivity index (χ0) is 11.5. The van der Waals surface area contributed by atoms with Crippen LogP contribution in [0.4, 0.5) is 5.69 Å². The first-order valence-electron chi connectivity index (χ1n) is 5.94. The number of fused-ring (bicyclic) bond motifs is 1. The Labute approximate surface area is 101 Å². The molecule has 1 aliphatic heterocycles. The lowest BCUT2D eigenvalue weighted by Gasteiger charge is -2.21. The van der Waals surface area contributed by atoms with E-state index in [9.17, 15) is 0 Å². The first-order valence-corrected chi connectivity index (χ1v) is 5.94. The minimum atomic E-state index is 0.742. The van der Waals surface area contributed by atoms with Crippen molar-refractivity contribution in [3.63, 3.8) is 0 Å². The van der Waals surface area contributed by atoms with Crippen LogP contribution in [0.5, 0.6) is 5.75 Å². The molecule has 1 aliphatic rings. The average Bonchev–Trinajstić information content (AvgIpc) is 2.62. The van der Waals surface area contributed by atoms with Gasteiger partial charge < -0.3 is 9.64 Å². The van der Waals surface area contributed by atoms with Gasteiger partial charge in [-0.2, -0.15) is 0 Å². The molecule has 0 bridgehead atoms. The number of anilines is 1. The maximum atomic E-state index is 5.76. The standard InChI is InChI=1S/C15H15NO/c1-2-7-14(8-3-1)16-10-11-17-15-9-5-4-6-13(15)12-16/h1-9H,10-12H2. The molecule has 0 aromatic heterocycles. The Balaban J connectivity index is 1.91. The number of nitrogens with zero attached hydrogens (tertiary/aromatic N) is 1. The van der Waals surface area contributed by atoms with Gasteiger partial charge in [-0.15, -0.1) is 0 Å². The summed E-state index contributed by atoms with van der Waals surface area (Å²) in [4.78, 5) is 2.35. The van der Waals surface area contributed by atoms with Crippen LogP contribution in [0, 0.1) is 0 Å². The predicted molar refractivity (Wildman–Crippen MR) is 69.4 cm³/mol. The molecule has 2 nitrogen and oxygen atoms in total.